The van der Waals surface area contributed by atoms with Crippen LogP contribution in [0, 0.1) is 6.92 Å². The van der Waals surface area contributed by atoms with E-state index in [1.807, 2.05) is 18.7 Å². The van der Waals surface area contributed by atoms with Crippen molar-refractivity contribution in [1.82, 2.24) is 0 Å². The molecule has 0 atom stereocenters. The predicted molar refractivity (Wildman–Crippen MR) is 135 cm³/mol. The van der Waals surface area contributed by atoms with Crippen molar-refractivity contribution in [3.8, 4) is 5.75 Å². The van der Waals surface area contributed by atoms with E-state index >= 15 is 0 Å². The smallest absolute Gasteiger partial charge is 0.262 e. The zero-order chi connectivity index (χ0) is 24.3. The van der Waals surface area contributed by atoms with Crippen LogP contribution in [0.3, 0.4) is 0 Å². The van der Waals surface area contributed by atoms with Gasteiger partial charge in [-0.1, -0.05) is 53.7 Å². The molecule has 0 fully saturated rings. The molecule has 0 spiro atoms. The number of hydrogen-bond donors (Lipinski definition) is 0. The van der Waals surface area contributed by atoms with Gasteiger partial charge in [0.15, 0.2) is 6.20 Å². The van der Waals surface area contributed by atoms with Gasteiger partial charge >= 0.3 is 0 Å². The molecule has 0 saturated carbocycles. The van der Waals surface area contributed by atoms with Crippen LogP contribution >= 0.6 is 11.8 Å². The summed E-state index contributed by atoms with van der Waals surface area (Å²) in [4.78, 5) is 3.59. The van der Waals surface area contributed by atoms with Crippen molar-refractivity contribution in [2.75, 3.05) is 11.9 Å². The van der Waals surface area contributed by atoms with Gasteiger partial charge in [-0.2, -0.15) is 0 Å². The third-order valence-corrected chi connectivity index (χ3v) is 6.91. The third kappa shape index (κ3) is 5.59. The van der Waals surface area contributed by atoms with Gasteiger partial charge in [-0.3, -0.25) is 0 Å². The van der Waals surface area contributed by atoms with Crippen LogP contribution in [0.4, 0.5) is 5.69 Å². The summed E-state index contributed by atoms with van der Waals surface area (Å²) in [7, 11) is -0.416. The first-order valence-electron chi connectivity index (χ1n) is 10.5. The van der Waals surface area contributed by atoms with Crippen molar-refractivity contribution < 1.29 is 21.7 Å². The standard InChI is InChI=1S/C19H17N2S.C7H8O4S/c1-20-12-11-14(15-7-3-4-8-16(15)20)13-19-21(2)17-9-5-6-10-18(17)22-19;1-6-2-4-7(5-3-6)11-12(8,9)10/h3-13H,1-2H3;2-5H,1H3,(H,8,9,10)/q+1;/p-1. The first kappa shape index (κ1) is 23.8. The molecule has 4 aromatic rings. The molecule has 0 aliphatic carbocycles. The number of thioether (sulfide) groups is 1. The molecule has 1 aliphatic rings. The van der Waals surface area contributed by atoms with Crippen molar-refractivity contribution in [2.24, 2.45) is 7.05 Å². The van der Waals surface area contributed by atoms with E-state index in [4.69, 9.17) is 0 Å². The Morgan fingerprint density at radius 2 is 1.65 bits per heavy atom. The minimum Gasteiger partial charge on any atom is -0.716 e. The Labute approximate surface area is 204 Å². The molecule has 34 heavy (non-hydrogen) atoms. The lowest BCUT2D eigenvalue weighted by atomic mass is 10.1. The summed E-state index contributed by atoms with van der Waals surface area (Å²) in [5.41, 5.74) is 4.76. The van der Waals surface area contributed by atoms with E-state index in [-0.39, 0.29) is 5.75 Å². The molecule has 1 aromatic heterocycles. The number of hydrogen-bond acceptors (Lipinski definition) is 6. The van der Waals surface area contributed by atoms with Gasteiger partial charge in [0.25, 0.3) is 10.4 Å². The van der Waals surface area contributed by atoms with Gasteiger partial charge in [0.05, 0.1) is 16.1 Å². The molecule has 2 heterocycles. The normalized spacial score (nSPS) is 14.0. The summed E-state index contributed by atoms with van der Waals surface area (Å²) in [6.45, 7) is 1.84. The number of anilines is 1. The van der Waals surface area contributed by atoms with E-state index < -0.39 is 10.4 Å². The van der Waals surface area contributed by atoms with Crippen LogP contribution < -0.4 is 13.7 Å². The van der Waals surface area contributed by atoms with Gasteiger partial charge in [-0.25, -0.2) is 13.0 Å². The highest BCUT2D eigenvalue weighted by Gasteiger charge is 2.21. The van der Waals surface area contributed by atoms with Crippen molar-refractivity contribution >= 4 is 44.8 Å². The average molecular weight is 493 g/mol. The highest BCUT2D eigenvalue weighted by Crippen LogP contribution is 2.45. The monoisotopic (exact) mass is 492 g/mol. The lowest BCUT2D eigenvalue weighted by Crippen LogP contribution is -2.28. The average Bonchev–Trinajstić information content (AvgIpc) is 3.12. The molecule has 174 valence electrons. The molecule has 6 nitrogen and oxygen atoms in total. The Hall–Kier alpha value is -3.33. The second-order valence-electron chi connectivity index (χ2n) is 7.82. The molecule has 0 unspecified atom stereocenters. The zero-order valence-corrected chi connectivity index (χ0v) is 20.6. The molecule has 0 radical (unpaired) electrons. The van der Waals surface area contributed by atoms with Crippen molar-refractivity contribution in [2.45, 2.75) is 11.8 Å². The Bertz CT molecular complexity index is 1470. The number of benzene rings is 3. The predicted octanol–water partition coefficient (Wildman–Crippen LogP) is 5.04. The van der Waals surface area contributed by atoms with Crippen molar-refractivity contribution in [3.05, 3.63) is 101 Å². The lowest BCUT2D eigenvalue weighted by Gasteiger charge is -2.13. The van der Waals surface area contributed by atoms with E-state index in [2.05, 4.69) is 94.6 Å². The van der Waals surface area contributed by atoms with Gasteiger partial charge in [0.1, 0.15) is 12.8 Å². The van der Waals surface area contributed by atoms with Gasteiger partial charge < -0.3 is 13.6 Å². The topological polar surface area (TPSA) is 73.5 Å². The fourth-order valence-corrected chi connectivity index (χ4v) is 5.05. The Balaban J connectivity index is 0.000000195. The summed E-state index contributed by atoms with van der Waals surface area (Å²) in [5.74, 6) is 0.0376. The minimum absolute atomic E-state index is 0.0376. The van der Waals surface area contributed by atoms with E-state index in [0.29, 0.717) is 0 Å². The number of aromatic nitrogens is 1. The third-order valence-electron chi connectivity index (χ3n) is 5.34. The van der Waals surface area contributed by atoms with Crippen LogP contribution in [0.5, 0.6) is 5.75 Å². The maximum Gasteiger partial charge on any atom is 0.262 e. The number of rotatable bonds is 3. The molecule has 0 bridgehead atoms. The zero-order valence-electron chi connectivity index (χ0n) is 19.0. The molecular weight excluding hydrogens is 468 g/mol. The molecule has 0 N–H and O–H groups in total. The maximum atomic E-state index is 10.1. The molecule has 1 aliphatic heterocycles. The molecule has 3 aromatic carbocycles. The summed E-state index contributed by atoms with van der Waals surface area (Å²) in [6, 6.07) is 25.4. The second kappa shape index (κ2) is 9.89. The molecule has 8 heteroatoms. The molecule has 0 saturated heterocycles. The van der Waals surface area contributed by atoms with Gasteiger partial charge in [0, 0.05) is 24.1 Å². The Morgan fingerprint density at radius 3 is 2.35 bits per heavy atom. The Kier molecular flexibility index (Phi) is 6.92. The van der Waals surface area contributed by atoms with Crippen LogP contribution in [0.25, 0.3) is 17.0 Å². The lowest BCUT2D eigenvalue weighted by molar-refractivity contribution is -0.644. The minimum atomic E-state index is -4.64. The van der Waals surface area contributed by atoms with Crippen LogP contribution in [0.2, 0.25) is 0 Å². The molecule has 0 amide bonds. The number of nitrogens with zero attached hydrogens (tertiary/aromatic N) is 2. The maximum absolute atomic E-state index is 10.1. The fraction of sp³-hybridized carbons (Fsp3) is 0.115. The number of aryl methyl sites for hydroxylation is 2. The van der Waals surface area contributed by atoms with Gasteiger partial charge in [0.2, 0.25) is 5.52 Å². The van der Waals surface area contributed by atoms with Crippen LogP contribution in [0.1, 0.15) is 11.1 Å². The summed E-state index contributed by atoms with van der Waals surface area (Å²) in [5, 5.41) is 2.55. The van der Waals surface area contributed by atoms with Crippen molar-refractivity contribution in [1.29, 1.82) is 0 Å². The summed E-state index contributed by atoms with van der Waals surface area (Å²) >= 11 is 1.83. The van der Waals surface area contributed by atoms with E-state index in [9.17, 15) is 13.0 Å². The highest BCUT2D eigenvalue weighted by molar-refractivity contribution is 8.03. The summed E-state index contributed by atoms with van der Waals surface area (Å²) in [6.07, 6.45) is 4.41. The largest absolute Gasteiger partial charge is 0.716 e. The van der Waals surface area contributed by atoms with E-state index in [0.717, 1.165) is 5.56 Å². The number of pyridine rings is 1. The van der Waals surface area contributed by atoms with E-state index in [1.165, 1.54) is 44.2 Å². The van der Waals surface area contributed by atoms with Gasteiger partial charge in [-0.15, -0.1) is 0 Å². The first-order valence-corrected chi connectivity index (χ1v) is 12.7. The molecular formula is C26H24N2O4S2. The number of para-hydroxylation sites is 2. The Morgan fingerprint density at radius 1 is 0.971 bits per heavy atom. The summed E-state index contributed by atoms with van der Waals surface area (Å²) < 4.78 is 36.6. The first-order chi connectivity index (χ1) is 16.2. The van der Waals surface area contributed by atoms with Crippen LogP contribution in [0.15, 0.2) is 95.0 Å². The highest BCUT2D eigenvalue weighted by atomic mass is 32.3. The number of fused-ring (bicyclic) bond motifs is 2. The fourth-order valence-electron chi connectivity index (χ4n) is 3.60. The quantitative estimate of drug-likeness (QED) is 0.227. The molecule has 5 rings (SSSR count). The second-order valence-corrected chi connectivity index (χ2v) is 9.86. The van der Waals surface area contributed by atoms with E-state index in [1.54, 1.807) is 12.1 Å². The van der Waals surface area contributed by atoms with Gasteiger partial charge in [-0.05, 0) is 48.9 Å². The van der Waals surface area contributed by atoms with Crippen molar-refractivity contribution in [3.63, 3.8) is 0 Å². The van der Waals surface area contributed by atoms with Crippen LogP contribution in [-0.4, -0.2) is 20.0 Å². The SMILES string of the molecule is CN1/C(=C/c2cc[n+](C)c3ccccc23)Sc2ccccc21.Cc1ccc(OS(=O)(=O)[O-])cc1. The van der Waals surface area contributed by atoms with Crippen LogP contribution in [-0.2, 0) is 17.4 Å².